The van der Waals surface area contributed by atoms with Crippen molar-refractivity contribution in [2.24, 2.45) is 0 Å². The van der Waals surface area contributed by atoms with Crippen molar-refractivity contribution < 1.29 is 19.1 Å². The maximum atomic E-state index is 12.5. The van der Waals surface area contributed by atoms with Gasteiger partial charge in [-0.2, -0.15) is 0 Å². The number of nitrogens with one attached hydrogen (secondary N) is 2. The average molecular weight is 406 g/mol. The summed E-state index contributed by atoms with van der Waals surface area (Å²) in [6.45, 7) is 0.741. The fourth-order valence-electron chi connectivity index (χ4n) is 3.28. The molecule has 3 rings (SSSR count). The van der Waals surface area contributed by atoms with Crippen molar-refractivity contribution in [1.82, 2.24) is 10.6 Å². The van der Waals surface area contributed by atoms with Gasteiger partial charge >= 0.3 is 0 Å². The lowest BCUT2D eigenvalue weighted by Gasteiger charge is -2.10. The molecule has 6 heteroatoms. The molecule has 0 fully saturated rings. The standard InChI is InChI=1S/C24H26N2O4/c1-29-21-12-10-17(16-22(21)30-2)11-13-23(27)25-14-15-26-24(28)20-9-5-7-18-6-3-4-8-19(18)20/h3-10,12,16H,11,13-15H2,1-2H3,(H,25,27)(H,26,28). The minimum Gasteiger partial charge on any atom is -0.493 e. The Morgan fingerprint density at radius 2 is 1.57 bits per heavy atom. The number of ether oxygens (including phenoxy) is 2. The molecule has 0 unspecified atom stereocenters. The van der Waals surface area contributed by atoms with Crippen molar-refractivity contribution in [3.63, 3.8) is 0 Å². The van der Waals surface area contributed by atoms with Gasteiger partial charge in [0.25, 0.3) is 5.91 Å². The van der Waals surface area contributed by atoms with Crippen molar-refractivity contribution in [3.05, 3.63) is 71.8 Å². The maximum absolute atomic E-state index is 12.5. The largest absolute Gasteiger partial charge is 0.493 e. The number of benzene rings is 3. The second-order valence-corrected chi connectivity index (χ2v) is 6.82. The molecule has 156 valence electrons. The minimum absolute atomic E-state index is 0.0656. The molecule has 0 aliphatic carbocycles. The Labute approximate surface area is 176 Å². The molecular formula is C24H26N2O4. The van der Waals surface area contributed by atoms with E-state index in [4.69, 9.17) is 9.47 Å². The molecule has 30 heavy (non-hydrogen) atoms. The van der Waals surface area contributed by atoms with E-state index in [0.717, 1.165) is 16.3 Å². The van der Waals surface area contributed by atoms with Crippen LogP contribution < -0.4 is 20.1 Å². The Kier molecular flexibility index (Phi) is 7.27. The van der Waals surface area contributed by atoms with Gasteiger partial charge < -0.3 is 20.1 Å². The molecule has 2 N–H and O–H groups in total. The van der Waals surface area contributed by atoms with E-state index in [1.54, 1.807) is 20.3 Å². The van der Waals surface area contributed by atoms with E-state index >= 15 is 0 Å². The first-order valence-electron chi connectivity index (χ1n) is 9.86. The average Bonchev–Trinajstić information content (AvgIpc) is 2.79. The Balaban J connectivity index is 1.43. The highest BCUT2D eigenvalue weighted by molar-refractivity contribution is 6.07. The summed E-state index contributed by atoms with van der Waals surface area (Å²) in [7, 11) is 3.17. The van der Waals surface area contributed by atoms with Gasteiger partial charge in [0.1, 0.15) is 0 Å². The second-order valence-electron chi connectivity index (χ2n) is 6.82. The zero-order valence-electron chi connectivity index (χ0n) is 17.2. The summed E-state index contributed by atoms with van der Waals surface area (Å²) in [6.07, 6.45) is 0.946. The number of hydrogen-bond donors (Lipinski definition) is 2. The van der Waals surface area contributed by atoms with E-state index in [-0.39, 0.29) is 11.8 Å². The number of aryl methyl sites for hydroxylation is 1. The lowest BCUT2D eigenvalue weighted by Crippen LogP contribution is -2.34. The number of rotatable bonds is 9. The summed E-state index contributed by atoms with van der Waals surface area (Å²) < 4.78 is 10.5. The van der Waals surface area contributed by atoms with Crippen molar-refractivity contribution in [2.75, 3.05) is 27.3 Å². The van der Waals surface area contributed by atoms with E-state index in [1.165, 1.54) is 0 Å². The van der Waals surface area contributed by atoms with Crippen molar-refractivity contribution in [1.29, 1.82) is 0 Å². The first kappa shape index (κ1) is 21.2. The smallest absolute Gasteiger partial charge is 0.251 e. The third-order valence-corrected chi connectivity index (χ3v) is 4.86. The van der Waals surface area contributed by atoms with Gasteiger partial charge in [0.05, 0.1) is 14.2 Å². The molecule has 0 saturated heterocycles. The quantitative estimate of drug-likeness (QED) is 0.535. The molecule has 2 amide bonds. The summed E-state index contributed by atoms with van der Waals surface area (Å²) in [5.74, 6) is 1.09. The number of carbonyl (C=O) groups is 2. The molecule has 0 spiro atoms. The van der Waals surface area contributed by atoms with E-state index in [9.17, 15) is 9.59 Å². The Morgan fingerprint density at radius 1 is 0.833 bits per heavy atom. The van der Waals surface area contributed by atoms with E-state index < -0.39 is 0 Å². The second kappa shape index (κ2) is 10.3. The zero-order chi connectivity index (χ0) is 21.3. The molecule has 0 aromatic heterocycles. The van der Waals surface area contributed by atoms with Crippen LogP contribution in [0.25, 0.3) is 10.8 Å². The van der Waals surface area contributed by atoms with Gasteiger partial charge in [-0.15, -0.1) is 0 Å². The first-order chi connectivity index (χ1) is 14.6. The van der Waals surface area contributed by atoms with E-state index in [0.29, 0.717) is 43.0 Å². The molecule has 0 aliphatic heterocycles. The van der Waals surface area contributed by atoms with Crippen molar-refractivity contribution in [2.45, 2.75) is 12.8 Å². The monoisotopic (exact) mass is 406 g/mol. The number of fused-ring (bicyclic) bond motifs is 1. The molecule has 0 radical (unpaired) electrons. The first-order valence-corrected chi connectivity index (χ1v) is 9.86. The van der Waals surface area contributed by atoms with Gasteiger partial charge in [-0.3, -0.25) is 9.59 Å². The third kappa shape index (κ3) is 5.29. The lowest BCUT2D eigenvalue weighted by molar-refractivity contribution is -0.121. The number of amides is 2. The molecule has 0 aliphatic rings. The predicted molar refractivity (Wildman–Crippen MR) is 117 cm³/mol. The van der Waals surface area contributed by atoms with Crippen LogP contribution in [-0.4, -0.2) is 39.1 Å². The SMILES string of the molecule is COc1ccc(CCC(=O)NCCNC(=O)c2cccc3ccccc23)cc1OC. The highest BCUT2D eigenvalue weighted by Crippen LogP contribution is 2.27. The summed E-state index contributed by atoms with van der Waals surface area (Å²) in [6, 6.07) is 19.0. The Morgan fingerprint density at radius 3 is 2.37 bits per heavy atom. The van der Waals surface area contributed by atoms with Gasteiger partial charge in [-0.25, -0.2) is 0 Å². The minimum atomic E-state index is -0.147. The number of carbonyl (C=O) groups excluding carboxylic acids is 2. The molecule has 0 atom stereocenters. The van der Waals surface area contributed by atoms with Crippen LogP contribution in [-0.2, 0) is 11.2 Å². The predicted octanol–water partition coefficient (Wildman–Crippen LogP) is 3.34. The molecule has 0 bridgehead atoms. The van der Waals surface area contributed by atoms with Crippen molar-refractivity contribution in [3.8, 4) is 11.5 Å². The van der Waals surface area contributed by atoms with Crippen LogP contribution in [0.4, 0.5) is 0 Å². The van der Waals surface area contributed by atoms with Crippen molar-refractivity contribution >= 4 is 22.6 Å². The molecule has 3 aromatic rings. The summed E-state index contributed by atoms with van der Waals surface area (Å²) >= 11 is 0. The zero-order valence-corrected chi connectivity index (χ0v) is 17.2. The topological polar surface area (TPSA) is 76.7 Å². The Hall–Kier alpha value is -3.54. The normalized spacial score (nSPS) is 10.5. The van der Waals surface area contributed by atoms with Crippen LogP contribution in [0.5, 0.6) is 11.5 Å². The summed E-state index contributed by atoms with van der Waals surface area (Å²) in [5.41, 5.74) is 1.62. The van der Waals surface area contributed by atoms with Crippen LogP contribution in [0, 0.1) is 0 Å². The summed E-state index contributed by atoms with van der Waals surface area (Å²) in [4.78, 5) is 24.6. The van der Waals surface area contributed by atoms with Crippen LogP contribution >= 0.6 is 0 Å². The summed E-state index contributed by atoms with van der Waals surface area (Å²) in [5, 5.41) is 7.64. The van der Waals surface area contributed by atoms with Crippen LogP contribution in [0.3, 0.4) is 0 Å². The van der Waals surface area contributed by atoms with Crippen LogP contribution in [0.15, 0.2) is 60.7 Å². The molecular weight excluding hydrogens is 380 g/mol. The Bertz CT molecular complexity index is 1030. The van der Waals surface area contributed by atoms with Gasteiger partial charge in [-0.1, -0.05) is 42.5 Å². The van der Waals surface area contributed by atoms with E-state index in [2.05, 4.69) is 10.6 Å². The molecule has 3 aromatic carbocycles. The molecule has 0 saturated carbocycles. The fraction of sp³-hybridized carbons (Fsp3) is 0.250. The fourth-order valence-corrected chi connectivity index (χ4v) is 3.28. The van der Waals surface area contributed by atoms with Gasteiger partial charge in [0, 0.05) is 25.1 Å². The van der Waals surface area contributed by atoms with Gasteiger partial charge in [0.15, 0.2) is 11.5 Å². The number of hydrogen-bond acceptors (Lipinski definition) is 4. The highest BCUT2D eigenvalue weighted by atomic mass is 16.5. The van der Waals surface area contributed by atoms with Crippen LogP contribution in [0.2, 0.25) is 0 Å². The lowest BCUT2D eigenvalue weighted by atomic mass is 10.0. The highest BCUT2D eigenvalue weighted by Gasteiger charge is 2.10. The van der Waals surface area contributed by atoms with E-state index in [1.807, 2.05) is 54.6 Å². The number of methoxy groups -OCH3 is 2. The maximum Gasteiger partial charge on any atom is 0.251 e. The molecule has 6 nitrogen and oxygen atoms in total. The third-order valence-electron chi connectivity index (χ3n) is 4.86. The van der Waals surface area contributed by atoms with Gasteiger partial charge in [-0.05, 0) is 41.0 Å². The van der Waals surface area contributed by atoms with Crippen LogP contribution in [0.1, 0.15) is 22.3 Å². The molecule has 0 heterocycles. The van der Waals surface area contributed by atoms with Gasteiger partial charge in [0.2, 0.25) is 5.91 Å².